The van der Waals surface area contributed by atoms with E-state index in [1.165, 1.54) is 12.1 Å². The number of nitro groups is 1. The number of piperidine rings is 1. The van der Waals surface area contributed by atoms with Crippen LogP contribution in [0, 0.1) is 16.0 Å². The second-order valence-corrected chi connectivity index (χ2v) is 6.71. The molecule has 8 heteroatoms. The van der Waals surface area contributed by atoms with Crippen LogP contribution >= 0.6 is 0 Å². The Labute approximate surface area is 153 Å². The van der Waals surface area contributed by atoms with Gasteiger partial charge in [0.25, 0.3) is 11.6 Å². The summed E-state index contributed by atoms with van der Waals surface area (Å²) in [5.74, 6) is -0.267. The van der Waals surface area contributed by atoms with Gasteiger partial charge < -0.3 is 15.1 Å². The molecule has 8 nitrogen and oxygen atoms in total. The van der Waals surface area contributed by atoms with Crippen LogP contribution in [-0.2, 0) is 4.79 Å². The minimum absolute atomic E-state index is 0.0447. The molecule has 0 aliphatic carbocycles. The van der Waals surface area contributed by atoms with Crippen LogP contribution in [0.15, 0.2) is 18.2 Å². The largest absolute Gasteiger partial charge is 0.377 e. The van der Waals surface area contributed by atoms with Gasteiger partial charge in [-0.3, -0.25) is 19.7 Å². The van der Waals surface area contributed by atoms with E-state index in [9.17, 15) is 19.7 Å². The molecule has 1 fully saturated rings. The minimum Gasteiger partial charge on any atom is -0.377 e. The van der Waals surface area contributed by atoms with Crippen molar-refractivity contribution in [3.05, 3.63) is 33.9 Å². The molecule has 1 aromatic rings. The molecule has 1 aliphatic rings. The molecule has 0 unspecified atom stereocenters. The van der Waals surface area contributed by atoms with Crippen LogP contribution in [0.3, 0.4) is 0 Å². The van der Waals surface area contributed by atoms with Crippen LogP contribution in [0.4, 0.5) is 11.4 Å². The molecular formula is C18H26N4O4. The molecular weight excluding hydrogens is 336 g/mol. The Morgan fingerprint density at radius 3 is 2.50 bits per heavy atom. The van der Waals surface area contributed by atoms with Gasteiger partial charge in [-0.15, -0.1) is 0 Å². The number of likely N-dealkylation sites (tertiary alicyclic amines) is 1. The van der Waals surface area contributed by atoms with Crippen molar-refractivity contribution in [2.45, 2.75) is 26.2 Å². The highest BCUT2D eigenvalue weighted by Crippen LogP contribution is 2.27. The van der Waals surface area contributed by atoms with Crippen LogP contribution < -0.4 is 10.2 Å². The van der Waals surface area contributed by atoms with Crippen LogP contribution in [0.1, 0.15) is 36.5 Å². The SMILES string of the molecule is CCCNC(=O)C1CCN(C(=O)c2cc([N+](=O)[O-])ccc2N(C)C)CC1. The number of rotatable bonds is 6. The number of hydrogen-bond donors (Lipinski definition) is 1. The number of benzene rings is 1. The molecule has 1 aromatic carbocycles. The highest BCUT2D eigenvalue weighted by molar-refractivity contribution is 6.00. The molecule has 26 heavy (non-hydrogen) atoms. The number of carbonyl (C=O) groups is 2. The van der Waals surface area contributed by atoms with Gasteiger partial charge in [-0.05, 0) is 25.3 Å². The number of nitrogens with one attached hydrogen (secondary N) is 1. The van der Waals surface area contributed by atoms with Crippen LogP contribution in [-0.4, -0.2) is 55.4 Å². The minimum atomic E-state index is -0.499. The van der Waals surface area contributed by atoms with E-state index in [1.54, 1.807) is 30.0 Å². The molecule has 2 rings (SSSR count). The molecule has 1 N–H and O–H groups in total. The molecule has 0 radical (unpaired) electrons. The van der Waals surface area contributed by atoms with E-state index in [2.05, 4.69) is 5.32 Å². The summed E-state index contributed by atoms with van der Waals surface area (Å²) in [4.78, 5) is 39.0. The first kappa shape index (κ1) is 19.7. The van der Waals surface area contributed by atoms with Crippen molar-refractivity contribution >= 4 is 23.2 Å². The Morgan fingerprint density at radius 2 is 1.96 bits per heavy atom. The lowest BCUT2D eigenvalue weighted by Crippen LogP contribution is -2.43. The Morgan fingerprint density at radius 1 is 1.31 bits per heavy atom. The number of nitro benzene ring substituents is 1. The fourth-order valence-electron chi connectivity index (χ4n) is 3.11. The molecule has 142 valence electrons. The zero-order valence-electron chi connectivity index (χ0n) is 15.5. The van der Waals surface area contributed by atoms with E-state index in [0.29, 0.717) is 43.7 Å². The first-order chi connectivity index (χ1) is 12.3. The Kier molecular flexibility index (Phi) is 6.54. The van der Waals surface area contributed by atoms with Gasteiger partial charge in [-0.25, -0.2) is 0 Å². The van der Waals surface area contributed by atoms with Gasteiger partial charge in [0.2, 0.25) is 5.91 Å². The van der Waals surface area contributed by atoms with Gasteiger partial charge in [0.15, 0.2) is 0 Å². The summed E-state index contributed by atoms with van der Waals surface area (Å²) in [7, 11) is 3.59. The Hall–Kier alpha value is -2.64. The highest BCUT2D eigenvalue weighted by atomic mass is 16.6. The number of non-ortho nitro benzene ring substituents is 1. The van der Waals surface area contributed by atoms with Crippen molar-refractivity contribution in [1.29, 1.82) is 0 Å². The molecule has 1 heterocycles. The third kappa shape index (κ3) is 4.50. The number of anilines is 1. The summed E-state index contributed by atoms with van der Waals surface area (Å²) in [6.07, 6.45) is 2.10. The maximum atomic E-state index is 12.9. The first-order valence-corrected chi connectivity index (χ1v) is 8.87. The van der Waals surface area contributed by atoms with Crippen molar-refractivity contribution in [3.8, 4) is 0 Å². The van der Waals surface area contributed by atoms with Crippen molar-refractivity contribution in [2.75, 3.05) is 38.6 Å². The molecule has 0 spiro atoms. The molecule has 0 aromatic heterocycles. The second-order valence-electron chi connectivity index (χ2n) is 6.71. The molecule has 0 bridgehead atoms. The van der Waals surface area contributed by atoms with Crippen molar-refractivity contribution in [1.82, 2.24) is 10.2 Å². The lowest BCUT2D eigenvalue weighted by molar-refractivity contribution is -0.384. The lowest BCUT2D eigenvalue weighted by atomic mass is 9.95. The van der Waals surface area contributed by atoms with Gasteiger partial charge in [0.05, 0.1) is 10.5 Å². The van der Waals surface area contributed by atoms with Gasteiger partial charge in [-0.2, -0.15) is 0 Å². The summed E-state index contributed by atoms with van der Waals surface area (Å²) in [6.45, 7) is 3.61. The smallest absolute Gasteiger partial charge is 0.270 e. The molecule has 1 saturated heterocycles. The zero-order chi connectivity index (χ0) is 19.3. The number of carbonyl (C=O) groups excluding carboxylic acids is 2. The topological polar surface area (TPSA) is 95.8 Å². The standard InChI is InChI=1S/C18H26N4O4/c1-4-9-19-17(23)13-7-10-21(11-8-13)18(24)15-12-14(22(25)26)5-6-16(15)20(2)3/h5-6,12-13H,4,7-11H2,1-3H3,(H,19,23). The molecule has 1 aliphatic heterocycles. The monoisotopic (exact) mass is 362 g/mol. The number of nitrogens with zero attached hydrogens (tertiary/aromatic N) is 3. The van der Waals surface area contributed by atoms with E-state index >= 15 is 0 Å². The third-order valence-corrected chi connectivity index (χ3v) is 4.61. The van der Waals surface area contributed by atoms with E-state index in [1.807, 2.05) is 6.92 Å². The van der Waals surface area contributed by atoms with E-state index in [0.717, 1.165) is 6.42 Å². The third-order valence-electron chi connectivity index (χ3n) is 4.61. The summed E-state index contributed by atoms with van der Waals surface area (Å²) in [6, 6.07) is 4.32. The predicted octanol–water partition coefficient (Wildman–Crippen LogP) is 2.04. The van der Waals surface area contributed by atoms with Gasteiger partial charge in [-0.1, -0.05) is 6.92 Å². The number of amides is 2. The van der Waals surface area contributed by atoms with Crippen molar-refractivity contribution in [3.63, 3.8) is 0 Å². The van der Waals surface area contributed by atoms with Gasteiger partial charge in [0, 0.05) is 57.5 Å². The van der Waals surface area contributed by atoms with Crippen LogP contribution in [0.2, 0.25) is 0 Å². The average molecular weight is 362 g/mol. The van der Waals surface area contributed by atoms with E-state index in [-0.39, 0.29) is 23.4 Å². The average Bonchev–Trinajstić information content (AvgIpc) is 2.64. The quantitative estimate of drug-likeness (QED) is 0.617. The fraction of sp³-hybridized carbons (Fsp3) is 0.556. The highest BCUT2D eigenvalue weighted by Gasteiger charge is 2.29. The van der Waals surface area contributed by atoms with Gasteiger partial charge >= 0.3 is 0 Å². The summed E-state index contributed by atoms with van der Waals surface area (Å²) in [5.41, 5.74) is 0.856. The maximum absolute atomic E-state index is 12.9. The first-order valence-electron chi connectivity index (χ1n) is 8.87. The predicted molar refractivity (Wildman–Crippen MR) is 99.4 cm³/mol. The molecule has 0 atom stereocenters. The van der Waals surface area contributed by atoms with Gasteiger partial charge in [0.1, 0.15) is 0 Å². The summed E-state index contributed by atoms with van der Waals surface area (Å²) < 4.78 is 0. The maximum Gasteiger partial charge on any atom is 0.270 e. The van der Waals surface area contributed by atoms with Crippen LogP contribution in [0.25, 0.3) is 0 Å². The van der Waals surface area contributed by atoms with Crippen LogP contribution in [0.5, 0.6) is 0 Å². The Bertz CT molecular complexity index is 682. The lowest BCUT2D eigenvalue weighted by Gasteiger charge is -2.32. The van der Waals surface area contributed by atoms with E-state index in [4.69, 9.17) is 0 Å². The second kappa shape index (κ2) is 8.64. The molecule has 0 saturated carbocycles. The van der Waals surface area contributed by atoms with Crippen molar-refractivity contribution in [2.24, 2.45) is 5.92 Å². The molecule has 2 amide bonds. The Balaban J connectivity index is 2.11. The zero-order valence-corrected chi connectivity index (χ0v) is 15.5. The van der Waals surface area contributed by atoms with Crippen molar-refractivity contribution < 1.29 is 14.5 Å². The summed E-state index contributed by atoms with van der Waals surface area (Å²) in [5, 5.41) is 14.0. The summed E-state index contributed by atoms with van der Waals surface area (Å²) >= 11 is 0. The normalized spacial score (nSPS) is 14.8. The fourth-order valence-corrected chi connectivity index (χ4v) is 3.11. The van der Waals surface area contributed by atoms with E-state index < -0.39 is 4.92 Å². The number of hydrogen-bond acceptors (Lipinski definition) is 5.